The van der Waals surface area contributed by atoms with E-state index < -0.39 is 0 Å². The summed E-state index contributed by atoms with van der Waals surface area (Å²) in [5.41, 5.74) is 3.56. The molecular weight excluding hydrogens is 312 g/mol. The van der Waals surface area contributed by atoms with Crippen LogP contribution in [-0.4, -0.2) is 19.1 Å². The van der Waals surface area contributed by atoms with Crippen molar-refractivity contribution in [1.82, 2.24) is 10.6 Å². The quantitative estimate of drug-likeness (QED) is 0.904. The van der Waals surface area contributed by atoms with Gasteiger partial charge in [0.1, 0.15) is 5.75 Å². The molecular formula is C18H21ClN2O2. The van der Waals surface area contributed by atoms with Crippen LogP contribution >= 0.6 is 12.4 Å². The highest BCUT2D eigenvalue weighted by atomic mass is 35.5. The van der Waals surface area contributed by atoms with Crippen LogP contribution in [0.4, 0.5) is 0 Å². The van der Waals surface area contributed by atoms with Crippen LogP contribution in [0.3, 0.4) is 0 Å². The number of methoxy groups -OCH3 is 1. The third-order valence-electron chi connectivity index (χ3n) is 4.00. The Balaban J connectivity index is 0.00000192. The number of hydrogen-bond donors (Lipinski definition) is 2. The first-order valence-electron chi connectivity index (χ1n) is 7.47. The molecule has 0 saturated heterocycles. The Hall–Kier alpha value is -2.04. The number of halogens is 1. The molecule has 1 atom stereocenters. The number of amides is 1. The summed E-state index contributed by atoms with van der Waals surface area (Å²) in [6.45, 7) is 1.25. The molecule has 0 saturated carbocycles. The Morgan fingerprint density at radius 3 is 2.78 bits per heavy atom. The molecule has 0 bridgehead atoms. The first-order valence-corrected chi connectivity index (χ1v) is 7.47. The van der Waals surface area contributed by atoms with Crippen molar-refractivity contribution in [2.45, 2.75) is 25.6 Å². The molecule has 2 N–H and O–H groups in total. The fourth-order valence-electron chi connectivity index (χ4n) is 2.73. The van der Waals surface area contributed by atoms with Gasteiger partial charge in [0, 0.05) is 13.1 Å². The SMILES string of the molecule is COc1cccc(CNC(=O)C2Cc3ccccc3CN2)c1.Cl. The summed E-state index contributed by atoms with van der Waals surface area (Å²) in [5, 5.41) is 6.29. The Kier molecular flexibility index (Phi) is 6.02. The molecule has 1 aliphatic heterocycles. The normalized spacial score (nSPS) is 16.0. The number of fused-ring (bicyclic) bond motifs is 1. The summed E-state index contributed by atoms with van der Waals surface area (Å²) in [6.07, 6.45) is 0.736. The van der Waals surface area contributed by atoms with Crippen LogP contribution in [0.15, 0.2) is 48.5 Å². The number of rotatable bonds is 4. The zero-order valence-corrected chi connectivity index (χ0v) is 13.9. The van der Waals surface area contributed by atoms with Crippen molar-refractivity contribution in [1.29, 1.82) is 0 Å². The number of carbonyl (C=O) groups is 1. The minimum atomic E-state index is -0.166. The third-order valence-corrected chi connectivity index (χ3v) is 4.00. The van der Waals surface area contributed by atoms with Crippen molar-refractivity contribution >= 4 is 18.3 Å². The van der Waals surface area contributed by atoms with E-state index in [9.17, 15) is 4.79 Å². The van der Waals surface area contributed by atoms with E-state index in [1.807, 2.05) is 36.4 Å². The largest absolute Gasteiger partial charge is 0.497 e. The molecule has 4 nitrogen and oxygen atoms in total. The molecule has 0 aromatic heterocycles. The lowest BCUT2D eigenvalue weighted by molar-refractivity contribution is -0.123. The van der Waals surface area contributed by atoms with Gasteiger partial charge in [0.25, 0.3) is 0 Å². The van der Waals surface area contributed by atoms with Crippen molar-refractivity contribution in [3.63, 3.8) is 0 Å². The fraction of sp³-hybridized carbons (Fsp3) is 0.278. The zero-order valence-electron chi connectivity index (χ0n) is 13.0. The lowest BCUT2D eigenvalue weighted by atomic mass is 9.95. The smallest absolute Gasteiger partial charge is 0.237 e. The van der Waals surface area contributed by atoms with E-state index in [0.717, 1.165) is 24.3 Å². The van der Waals surface area contributed by atoms with E-state index >= 15 is 0 Å². The highest BCUT2D eigenvalue weighted by molar-refractivity contribution is 5.85. The lowest BCUT2D eigenvalue weighted by Crippen LogP contribution is -2.47. The Morgan fingerprint density at radius 1 is 1.22 bits per heavy atom. The number of ether oxygens (including phenoxy) is 1. The van der Waals surface area contributed by atoms with E-state index in [4.69, 9.17) is 4.74 Å². The van der Waals surface area contributed by atoms with E-state index in [2.05, 4.69) is 22.8 Å². The van der Waals surface area contributed by atoms with E-state index in [1.54, 1.807) is 7.11 Å². The lowest BCUT2D eigenvalue weighted by Gasteiger charge is -2.25. The van der Waals surface area contributed by atoms with Crippen LogP contribution in [-0.2, 0) is 24.3 Å². The summed E-state index contributed by atoms with van der Waals surface area (Å²) in [4.78, 5) is 12.3. The third kappa shape index (κ3) is 4.24. The van der Waals surface area contributed by atoms with Crippen molar-refractivity contribution in [2.75, 3.05) is 7.11 Å². The average molecular weight is 333 g/mol. The average Bonchev–Trinajstić information content (AvgIpc) is 2.59. The van der Waals surface area contributed by atoms with Gasteiger partial charge in [-0.25, -0.2) is 0 Å². The second-order valence-electron chi connectivity index (χ2n) is 5.48. The molecule has 1 aliphatic rings. The van der Waals surface area contributed by atoms with Gasteiger partial charge in [-0.2, -0.15) is 0 Å². The van der Waals surface area contributed by atoms with Gasteiger partial charge in [0.05, 0.1) is 13.2 Å². The molecule has 2 aromatic carbocycles. The molecule has 3 rings (SSSR count). The molecule has 0 aliphatic carbocycles. The molecule has 23 heavy (non-hydrogen) atoms. The molecule has 5 heteroatoms. The predicted molar refractivity (Wildman–Crippen MR) is 92.9 cm³/mol. The summed E-state index contributed by atoms with van der Waals surface area (Å²) in [6, 6.07) is 15.8. The second kappa shape index (κ2) is 7.99. The zero-order chi connectivity index (χ0) is 15.4. The van der Waals surface area contributed by atoms with Gasteiger partial charge >= 0.3 is 0 Å². The fourth-order valence-corrected chi connectivity index (χ4v) is 2.73. The first-order chi connectivity index (χ1) is 10.8. The highest BCUT2D eigenvalue weighted by Gasteiger charge is 2.23. The summed E-state index contributed by atoms with van der Waals surface area (Å²) >= 11 is 0. The maximum absolute atomic E-state index is 12.3. The molecule has 0 radical (unpaired) electrons. The topological polar surface area (TPSA) is 50.4 Å². The summed E-state index contributed by atoms with van der Waals surface area (Å²) in [5.74, 6) is 0.841. The van der Waals surface area contributed by atoms with Crippen molar-refractivity contribution in [3.8, 4) is 5.75 Å². The van der Waals surface area contributed by atoms with E-state index in [-0.39, 0.29) is 24.4 Å². The standard InChI is InChI=1S/C18H20N2O2.ClH/c1-22-16-8-4-5-13(9-16)11-20-18(21)17-10-14-6-2-3-7-15(14)12-19-17;/h2-9,17,19H,10-12H2,1H3,(H,20,21);1H. The summed E-state index contributed by atoms with van der Waals surface area (Å²) < 4.78 is 5.19. The number of hydrogen-bond acceptors (Lipinski definition) is 3. The molecule has 0 spiro atoms. The van der Waals surface area contributed by atoms with Crippen molar-refractivity contribution in [2.24, 2.45) is 0 Å². The van der Waals surface area contributed by atoms with Crippen LogP contribution in [0.1, 0.15) is 16.7 Å². The number of carbonyl (C=O) groups excluding carboxylic acids is 1. The van der Waals surface area contributed by atoms with E-state index in [1.165, 1.54) is 11.1 Å². The summed E-state index contributed by atoms with van der Waals surface area (Å²) in [7, 11) is 1.64. The van der Waals surface area contributed by atoms with Crippen LogP contribution in [0.25, 0.3) is 0 Å². The van der Waals surface area contributed by atoms with Gasteiger partial charge < -0.3 is 15.4 Å². The van der Waals surface area contributed by atoms with Crippen molar-refractivity contribution < 1.29 is 9.53 Å². The van der Waals surface area contributed by atoms with Crippen LogP contribution in [0, 0.1) is 0 Å². The first kappa shape index (κ1) is 17.3. The van der Waals surface area contributed by atoms with E-state index in [0.29, 0.717) is 6.54 Å². The van der Waals surface area contributed by atoms with Gasteiger partial charge in [-0.1, -0.05) is 36.4 Å². The molecule has 1 amide bonds. The van der Waals surface area contributed by atoms with Crippen LogP contribution in [0.2, 0.25) is 0 Å². The molecule has 0 fully saturated rings. The number of nitrogens with one attached hydrogen (secondary N) is 2. The predicted octanol–water partition coefficient (Wildman–Crippen LogP) is 2.45. The van der Waals surface area contributed by atoms with Gasteiger partial charge in [0.15, 0.2) is 0 Å². The Bertz CT molecular complexity index is 676. The van der Waals surface area contributed by atoms with Gasteiger partial charge in [-0.3, -0.25) is 4.79 Å². The molecule has 122 valence electrons. The Labute approximate surface area is 142 Å². The maximum atomic E-state index is 12.3. The maximum Gasteiger partial charge on any atom is 0.237 e. The Morgan fingerprint density at radius 2 is 2.00 bits per heavy atom. The van der Waals surface area contributed by atoms with Crippen molar-refractivity contribution in [3.05, 3.63) is 65.2 Å². The minimum absolute atomic E-state index is 0. The van der Waals surface area contributed by atoms with Gasteiger partial charge in [0.2, 0.25) is 5.91 Å². The molecule has 1 unspecified atom stereocenters. The van der Waals surface area contributed by atoms with Gasteiger partial charge in [-0.05, 0) is 35.2 Å². The van der Waals surface area contributed by atoms with Crippen LogP contribution in [0.5, 0.6) is 5.75 Å². The number of benzene rings is 2. The monoisotopic (exact) mass is 332 g/mol. The molecule has 1 heterocycles. The minimum Gasteiger partial charge on any atom is -0.497 e. The molecule has 2 aromatic rings. The highest BCUT2D eigenvalue weighted by Crippen LogP contribution is 2.16. The second-order valence-corrected chi connectivity index (χ2v) is 5.48. The van der Waals surface area contributed by atoms with Crippen LogP contribution < -0.4 is 15.4 Å². The van der Waals surface area contributed by atoms with Gasteiger partial charge in [-0.15, -0.1) is 12.4 Å².